The van der Waals surface area contributed by atoms with E-state index >= 15 is 0 Å². The van der Waals surface area contributed by atoms with E-state index < -0.39 is 0 Å². The van der Waals surface area contributed by atoms with Gasteiger partial charge >= 0.3 is 0 Å². The monoisotopic (exact) mass is 534 g/mol. The van der Waals surface area contributed by atoms with Crippen molar-refractivity contribution in [2.24, 2.45) is 4.99 Å². The number of nitrogens with one attached hydrogen (secondary N) is 2. The van der Waals surface area contributed by atoms with Crippen molar-refractivity contribution >= 4 is 41.3 Å². The number of hydrogen-bond donors (Lipinski definition) is 2. The van der Waals surface area contributed by atoms with Gasteiger partial charge in [0.25, 0.3) is 0 Å². The molecule has 0 amide bonds. The van der Waals surface area contributed by atoms with Crippen molar-refractivity contribution in [2.45, 2.75) is 33.7 Å². The quantitative estimate of drug-likeness (QED) is 0.290. The zero-order valence-electron chi connectivity index (χ0n) is 17.9. The molecule has 0 bridgehead atoms. The molecule has 1 heterocycles. The molecule has 7 nitrogen and oxygen atoms in total. The minimum Gasteiger partial charge on any atom is -0.493 e. The molecule has 0 saturated heterocycles. The van der Waals surface area contributed by atoms with E-state index in [1.807, 2.05) is 26.0 Å². The van der Waals surface area contributed by atoms with Crippen LogP contribution in [0.3, 0.4) is 0 Å². The first kappa shape index (κ1) is 25.3. The zero-order chi connectivity index (χ0) is 20.5. The van der Waals surface area contributed by atoms with Gasteiger partial charge in [-0.2, -0.15) is 0 Å². The summed E-state index contributed by atoms with van der Waals surface area (Å²) >= 11 is 1.75. The normalized spacial score (nSPS) is 10.9. The third-order valence-electron chi connectivity index (χ3n) is 4.13. The molecular formula is C20H31IN4O3S. The van der Waals surface area contributed by atoms with Crippen molar-refractivity contribution in [3.8, 4) is 17.2 Å². The zero-order valence-corrected chi connectivity index (χ0v) is 21.1. The standard InChI is InChI=1S/C20H30N4O3S.HI/c1-7-21-20(22-9-8-18-13(2)24-14(3)28-18)23-12-15-10-16(25-4)19(27-6)17(11-15)26-5;/h10-11H,7-9,12H2,1-6H3,(H2,21,22,23);1H. The van der Waals surface area contributed by atoms with E-state index in [1.165, 1.54) is 4.88 Å². The van der Waals surface area contributed by atoms with E-state index in [0.29, 0.717) is 23.8 Å². The summed E-state index contributed by atoms with van der Waals surface area (Å²) in [6, 6.07) is 3.83. The molecule has 0 spiro atoms. The third-order valence-corrected chi connectivity index (χ3v) is 5.27. The smallest absolute Gasteiger partial charge is 0.203 e. The second kappa shape index (κ2) is 12.7. The number of hydrogen-bond acceptors (Lipinski definition) is 6. The van der Waals surface area contributed by atoms with Gasteiger partial charge in [-0.25, -0.2) is 9.98 Å². The highest BCUT2D eigenvalue weighted by Gasteiger charge is 2.13. The molecule has 29 heavy (non-hydrogen) atoms. The number of benzene rings is 1. The molecule has 0 fully saturated rings. The van der Waals surface area contributed by atoms with Gasteiger partial charge in [0.2, 0.25) is 5.75 Å². The van der Waals surface area contributed by atoms with E-state index in [1.54, 1.807) is 32.7 Å². The summed E-state index contributed by atoms with van der Waals surface area (Å²) in [6.07, 6.45) is 0.923. The van der Waals surface area contributed by atoms with Crippen LogP contribution in [0.2, 0.25) is 0 Å². The predicted molar refractivity (Wildman–Crippen MR) is 130 cm³/mol. The Bertz CT molecular complexity index is 786. The van der Waals surface area contributed by atoms with Crippen LogP contribution in [0.4, 0.5) is 0 Å². The van der Waals surface area contributed by atoms with E-state index in [-0.39, 0.29) is 24.0 Å². The molecular weight excluding hydrogens is 503 g/mol. The summed E-state index contributed by atoms with van der Waals surface area (Å²) in [6.45, 7) is 8.22. The van der Waals surface area contributed by atoms with Crippen LogP contribution in [-0.2, 0) is 13.0 Å². The first-order chi connectivity index (χ1) is 13.5. The first-order valence-electron chi connectivity index (χ1n) is 9.26. The molecule has 0 atom stereocenters. The molecule has 162 valence electrons. The molecule has 2 aromatic rings. The summed E-state index contributed by atoms with van der Waals surface area (Å²) in [4.78, 5) is 10.5. The van der Waals surface area contributed by atoms with Gasteiger partial charge in [0.1, 0.15) is 0 Å². The van der Waals surface area contributed by atoms with Gasteiger partial charge in [0.15, 0.2) is 17.5 Å². The Morgan fingerprint density at radius 2 is 1.72 bits per heavy atom. The highest BCUT2D eigenvalue weighted by atomic mass is 127. The number of nitrogens with zero attached hydrogens (tertiary/aromatic N) is 2. The van der Waals surface area contributed by atoms with Crippen molar-refractivity contribution < 1.29 is 14.2 Å². The Balaban J connectivity index is 0.00000420. The summed E-state index contributed by atoms with van der Waals surface area (Å²) < 4.78 is 16.2. The number of ether oxygens (including phenoxy) is 3. The summed E-state index contributed by atoms with van der Waals surface area (Å²) in [5.74, 6) is 2.61. The van der Waals surface area contributed by atoms with E-state index in [0.717, 1.165) is 41.7 Å². The predicted octanol–water partition coefficient (Wildman–Crippen LogP) is 3.70. The summed E-state index contributed by atoms with van der Waals surface area (Å²) in [7, 11) is 4.82. The van der Waals surface area contributed by atoms with Gasteiger partial charge in [0, 0.05) is 24.4 Å². The lowest BCUT2D eigenvalue weighted by Crippen LogP contribution is -2.38. The number of aromatic nitrogens is 1. The van der Waals surface area contributed by atoms with Gasteiger partial charge in [-0.05, 0) is 38.5 Å². The molecule has 9 heteroatoms. The second-order valence-corrected chi connectivity index (χ2v) is 7.43. The Morgan fingerprint density at radius 3 is 2.21 bits per heavy atom. The van der Waals surface area contributed by atoms with E-state index in [4.69, 9.17) is 14.2 Å². The van der Waals surface area contributed by atoms with Crippen molar-refractivity contribution in [2.75, 3.05) is 34.4 Å². The molecule has 0 radical (unpaired) electrons. The fourth-order valence-electron chi connectivity index (χ4n) is 2.84. The van der Waals surface area contributed by atoms with Gasteiger partial charge in [-0.1, -0.05) is 0 Å². The molecule has 0 aliphatic carbocycles. The Morgan fingerprint density at radius 1 is 1.07 bits per heavy atom. The topological polar surface area (TPSA) is 77.0 Å². The van der Waals surface area contributed by atoms with Crippen molar-refractivity contribution in [3.63, 3.8) is 0 Å². The molecule has 2 N–H and O–H groups in total. The van der Waals surface area contributed by atoms with Crippen molar-refractivity contribution in [1.29, 1.82) is 0 Å². The van der Waals surface area contributed by atoms with Crippen LogP contribution >= 0.6 is 35.3 Å². The van der Waals surface area contributed by atoms with Gasteiger partial charge in [-0.15, -0.1) is 35.3 Å². The SMILES string of the molecule is CCNC(=NCc1cc(OC)c(OC)c(OC)c1)NCCc1sc(C)nc1C.I. The highest BCUT2D eigenvalue weighted by molar-refractivity contribution is 14.0. The van der Waals surface area contributed by atoms with Crippen LogP contribution in [0, 0.1) is 13.8 Å². The molecule has 0 aliphatic rings. The maximum Gasteiger partial charge on any atom is 0.203 e. The van der Waals surface area contributed by atoms with Crippen LogP contribution in [-0.4, -0.2) is 45.4 Å². The number of halogens is 1. The molecule has 0 aliphatic heterocycles. The lowest BCUT2D eigenvalue weighted by Gasteiger charge is -2.14. The van der Waals surface area contributed by atoms with Crippen LogP contribution < -0.4 is 24.8 Å². The van der Waals surface area contributed by atoms with E-state index in [9.17, 15) is 0 Å². The van der Waals surface area contributed by atoms with E-state index in [2.05, 4.69) is 27.5 Å². The Kier molecular flexibility index (Phi) is 11.1. The molecule has 1 aromatic heterocycles. The number of guanidine groups is 1. The first-order valence-corrected chi connectivity index (χ1v) is 10.1. The van der Waals surface area contributed by atoms with Gasteiger partial charge < -0.3 is 24.8 Å². The minimum absolute atomic E-state index is 0. The largest absolute Gasteiger partial charge is 0.493 e. The number of methoxy groups -OCH3 is 3. The number of aryl methyl sites for hydroxylation is 2. The summed E-state index contributed by atoms with van der Waals surface area (Å²) in [5, 5.41) is 7.77. The Hall–Kier alpha value is -1.75. The van der Waals surface area contributed by atoms with Gasteiger partial charge in [0.05, 0.1) is 38.6 Å². The minimum atomic E-state index is 0. The number of thiazole rings is 1. The molecule has 1 aromatic carbocycles. The average Bonchev–Trinajstić information content (AvgIpc) is 3.02. The van der Waals surface area contributed by atoms with Gasteiger partial charge in [-0.3, -0.25) is 0 Å². The van der Waals surface area contributed by atoms with Crippen LogP contribution in [0.5, 0.6) is 17.2 Å². The fraction of sp³-hybridized carbons (Fsp3) is 0.500. The fourth-order valence-corrected chi connectivity index (χ4v) is 3.78. The van der Waals surface area contributed by atoms with Crippen molar-refractivity contribution in [3.05, 3.63) is 33.3 Å². The lowest BCUT2D eigenvalue weighted by molar-refractivity contribution is 0.324. The lowest BCUT2D eigenvalue weighted by atomic mass is 10.2. The number of rotatable bonds is 9. The molecule has 0 saturated carbocycles. The van der Waals surface area contributed by atoms with Crippen LogP contribution in [0.25, 0.3) is 0 Å². The maximum absolute atomic E-state index is 5.41. The second-order valence-electron chi connectivity index (χ2n) is 6.15. The third kappa shape index (κ3) is 7.22. The average molecular weight is 534 g/mol. The maximum atomic E-state index is 5.41. The number of aliphatic imine (C=N–C) groups is 1. The van der Waals surface area contributed by atoms with Crippen LogP contribution in [0.15, 0.2) is 17.1 Å². The highest BCUT2D eigenvalue weighted by Crippen LogP contribution is 2.38. The Labute approximate surface area is 194 Å². The van der Waals surface area contributed by atoms with Crippen molar-refractivity contribution in [1.82, 2.24) is 15.6 Å². The molecule has 0 unspecified atom stereocenters. The summed E-state index contributed by atoms with van der Waals surface area (Å²) in [5.41, 5.74) is 2.09. The van der Waals surface area contributed by atoms with Crippen LogP contribution in [0.1, 0.15) is 28.1 Å². The molecule has 2 rings (SSSR count).